The number of para-hydroxylation sites is 1. The Morgan fingerprint density at radius 1 is 0.654 bits per heavy atom. The van der Waals surface area contributed by atoms with Crippen molar-refractivity contribution in [3.05, 3.63) is 108 Å². The summed E-state index contributed by atoms with van der Waals surface area (Å²) in [5.74, 6) is -0.927. The molecule has 0 N–H and O–H groups in total. The van der Waals surface area contributed by atoms with Crippen LogP contribution in [0.25, 0.3) is 10.8 Å². The van der Waals surface area contributed by atoms with E-state index in [-0.39, 0.29) is 5.56 Å². The lowest BCUT2D eigenvalue weighted by Gasteiger charge is -2.24. The van der Waals surface area contributed by atoms with Crippen molar-refractivity contribution in [3.63, 3.8) is 0 Å². The number of benzene rings is 4. The van der Waals surface area contributed by atoms with E-state index in [0.717, 1.165) is 10.8 Å². The van der Waals surface area contributed by atoms with E-state index in [1.54, 1.807) is 17.0 Å². The third-order valence-corrected chi connectivity index (χ3v) is 4.31. The zero-order valence-electron chi connectivity index (χ0n) is 14.0. The quantitative estimate of drug-likeness (QED) is 0.450. The fraction of sp³-hybridized carbons (Fsp3) is 0. The Morgan fingerprint density at radius 2 is 1.31 bits per heavy atom. The number of carbonyl (C=O) groups is 1. The van der Waals surface area contributed by atoms with E-state index in [9.17, 15) is 9.18 Å². The molecule has 0 aliphatic rings. The standard InChI is InChI=1S/C23H16FNO/c24-22-13-7-6-12-21(22)23(26)25(19-10-2-1-3-11-19)20-15-14-17-8-4-5-9-18(17)16-20/h1-16H. The highest BCUT2D eigenvalue weighted by atomic mass is 19.1. The lowest BCUT2D eigenvalue weighted by atomic mass is 10.1. The molecule has 4 aromatic rings. The Balaban J connectivity index is 1.88. The van der Waals surface area contributed by atoms with Crippen LogP contribution in [0.1, 0.15) is 10.4 Å². The molecule has 0 atom stereocenters. The normalized spacial score (nSPS) is 10.7. The monoisotopic (exact) mass is 341 g/mol. The maximum Gasteiger partial charge on any atom is 0.265 e. The highest BCUT2D eigenvalue weighted by Gasteiger charge is 2.22. The van der Waals surface area contributed by atoms with Crippen LogP contribution in [0, 0.1) is 5.82 Å². The molecule has 0 saturated heterocycles. The molecule has 4 aromatic carbocycles. The van der Waals surface area contributed by atoms with Gasteiger partial charge in [-0.1, -0.05) is 60.7 Å². The maximum absolute atomic E-state index is 14.2. The molecule has 0 fully saturated rings. The number of nitrogens with zero attached hydrogens (tertiary/aromatic N) is 1. The first-order chi connectivity index (χ1) is 12.7. The SMILES string of the molecule is O=C(c1ccccc1F)N(c1ccccc1)c1ccc2ccccc2c1. The van der Waals surface area contributed by atoms with Gasteiger partial charge >= 0.3 is 0 Å². The summed E-state index contributed by atoms with van der Waals surface area (Å²) >= 11 is 0. The van der Waals surface area contributed by atoms with E-state index >= 15 is 0 Å². The summed E-state index contributed by atoms with van der Waals surface area (Å²) in [6.07, 6.45) is 0. The van der Waals surface area contributed by atoms with Crippen molar-refractivity contribution in [2.45, 2.75) is 0 Å². The van der Waals surface area contributed by atoms with Gasteiger partial charge in [0.25, 0.3) is 5.91 Å². The topological polar surface area (TPSA) is 20.3 Å². The molecule has 26 heavy (non-hydrogen) atoms. The summed E-state index contributed by atoms with van der Waals surface area (Å²) in [6, 6.07) is 29.1. The van der Waals surface area contributed by atoms with Gasteiger partial charge in [0.1, 0.15) is 5.82 Å². The first-order valence-corrected chi connectivity index (χ1v) is 8.37. The zero-order valence-corrected chi connectivity index (χ0v) is 14.0. The molecule has 4 rings (SSSR count). The maximum atomic E-state index is 14.2. The average molecular weight is 341 g/mol. The molecule has 0 unspecified atom stereocenters. The van der Waals surface area contributed by atoms with Crippen LogP contribution < -0.4 is 4.90 Å². The number of carbonyl (C=O) groups excluding carboxylic acids is 1. The first-order valence-electron chi connectivity index (χ1n) is 8.37. The molecule has 126 valence electrons. The van der Waals surface area contributed by atoms with Crippen molar-refractivity contribution < 1.29 is 9.18 Å². The largest absolute Gasteiger partial charge is 0.277 e. The van der Waals surface area contributed by atoms with Crippen LogP contribution in [0.4, 0.5) is 15.8 Å². The van der Waals surface area contributed by atoms with Gasteiger partial charge in [-0.05, 0) is 47.2 Å². The molecule has 0 aliphatic heterocycles. The average Bonchev–Trinajstić information content (AvgIpc) is 2.69. The van der Waals surface area contributed by atoms with E-state index in [1.165, 1.54) is 12.1 Å². The molecule has 0 aliphatic carbocycles. The Kier molecular flexibility index (Phi) is 4.20. The number of anilines is 2. The number of hydrogen-bond donors (Lipinski definition) is 0. The third kappa shape index (κ3) is 2.95. The van der Waals surface area contributed by atoms with Crippen LogP contribution in [-0.2, 0) is 0 Å². The predicted molar refractivity (Wildman–Crippen MR) is 103 cm³/mol. The molecule has 0 aromatic heterocycles. The van der Waals surface area contributed by atoms with Gasteiger partial charge in [-0.25, -0.2) is 4.39 Å². The van der Waals surface area contributed by atoms with E-state index in [1.807, 2.05) is 72.8 Å². The summed E-state index contributed by atoms with van der Waals surface area (Å²) in [5.41, 5.74) is 1.43. The second-order valence-electron chi connectivity index (χ2n) is 5.99. The van der Waals surface area contributed by atoms with Gasteiger partial charge in [0.15, 0.2) is 0 Å². The molecule has 0 radical (unpaired) electrons. The summed E-state index contributed by atoms with van der Waals surface area (Å²) in [6.45, 7) is 0. The number of fused-ring (bicyclic) bond motifs is 1. The smallest absolute Gasteiger partial charge is 0.265 e. The van der Waals surface area contributed by atoms with Crippen LogP contribution in [-0.4, -0.2) is 5.91 Å². The van der Waals surface area contributed by atoms with Crippen molar-refractivity contribution in [2.75, 3.05) is 4.90 Å². The minimum atomic E-state index is -0.528. The second-order valence-corrected chi connectivity index (χ2v) is 5.99. The Bertz CT molecular complexity index is 1080. The van der Waals surface area contributed by atoms with Gasteiger partial charge in [0, 0.05) is 11.4 Å². The fourth-order valence-electron chi connectivity index (χ4n) is 3.03. The van der Waals surface area contributed by atoms with Crippen molar-refractivity contribution in [3.8, 4) is 0 Å². The van der Waals surface area contributed by atoms with Gasteiger partial charge in [-0.15, -0.1) is 0 Å². The molecular formula is C23H16FNO. The van der Waals surface area contributed by atoms with E-state index in [0.29, 0.717) is 11.4 Å². The minimum Gasteiger partial charge on any atom is -0.277 e. The summed E-state index contributed by atoms with van der Waals surface area (Å²) in [5, 5.41) is 2.11. The van der Waals surface area contributed by atoms with Crippen LogP contribution in [0.5, 0.6) is 0 Å². The molecule has 0 heterocycles. The van der Waals surface area contributed by atoms with Crippen LogP contribution >= 0.6 is 0 Å². The van der Waals surface area contributed by atoms with Gasteiger partial charge < -0.3 is 0 Å². The van der Waals surface area contributed by atoms with Crippen LogP contribution in [0.15, 0.2) is 97.1 Å². The number of amides is 1. The molecule has 2 nitrogen and oxygen atoms in total. The second kappa shape index (κ2) is 6.81. The Labute approximate surface area is 151 Å². The van der Waals surface area contributed by atoms with E-state index in [2.05, 4.69) is 0 Å². The Morgan fingerprint density at radius 3 is 2.08 bits per heavy atom. The van der Waals surface area contributed by atoms with E-state index < -0.39 is 11.7 Å². The van der Waals surface area contributed by atoms with Gasteiger partial charge in [0.2, 0.25) is 0 Å². The van der Waals surface area contributed by atoms with Crippen molar-refractivity contribution in [1.82, 2.24) is 0 Å². The highest BCUT2D eigenvalue weighted by Crippen LogP contribution is 2.30. The molecule has 1 amide bonds. The minimum absolute atomic E-state index is 0.0458. The first kappa shape index (κ1) is 16.0. The highest BCUT2D eigenvalue weighted by molar-refractivity contribution is 6.11. The lowest BCUT2D eigenvalue weighted by molar-refractivity contribution is 0.0995. The lowest BCUT2D eigenvalue weighted by Crippen LogP contribution is -2.26. The Hall–Kier alpha value is -3.46. The van der Waals surface area contributed by atoms with Crippen molar-refractivity contribution in [2.24, 2.45) is 0 Å². The fourth-order valence-corrected chi connectivity index (χ4v) is 3.03. The molecule has 0 spiro atoms. The van der Waals surface area contributed by atoms with Crippen LogP contribution in [0.3, 0.4) is 0 Å². The molecule has 3 heteroatoms. The number of halogens is 1. The van der Waals surface area contributed by atoms with Crippen molar-refractivity contribution >= 4 is 28.1 Å². The summed E-state index contributed by atoms with van der Waals surface area (Å²) < 4.78 is 14.2. The summed E-state index contributed by atoms with van der Waals surface area (Å²) in [7, 11) is 0. The third-order valence-electron chi connectivity index (χ3n) is 4.31. The number of rotatable bonds is 3. The zero-order chi connectivity index (χ0) is 17.9. The summed E-state index contributed by atoms with van der Waals surface area (Å²) in [4.78, 5) is 14.7. The number of hydrogen-bond acceptors (Lipinski definition) is 1. The van der Waals surface area contributed by atoms with Gasteiger partial charge in [-0.3, -0.25) is 9.69 Å². The van der Waals surface area contributed by atoms with Crippen LogP contribution in [0.2, 0.25) is 0 Å². The molecule has 0 bridgehead atoms. The van der Waals surface area contributed by atoms with E-state index in [4.69, 9.17) is 0 Å². The van der Waals surface area contributed by atoms with Crippen molar-refractivity contribution in [1.29, 1.82) is 0 Å². The molecular weight excluding hydrogens is 325 g/mol. The van der Waals surface area contributed by atoms with Gasteiger partial charge in [0.05, 0.1) is 5.56 Å². The molecule has 0 saturated carbocycles. The van der Waals surface area contributed by atoms with Gasteiger partial charge in [-0.2, -0.15) is 0 Å². The predicted octanol–water partition coefficient (Wildman–Crippen LogP) is 5.96.